The molecule has 0 amide bonds. The minimum absolute atomic E-state index is 0.386. The van der Waals surface area contributed by atoms with Crippen molar-refractivity contribution in [3.05, 3.63) is 87.5 Å². The topological polar surface area (TPSA) is 68.2 Å². The molecule has 0 saturated carbocycles. The van der Waals surface area contributed by atoms with Gasteiger partial charge in [-0.25, -0.2) is 4.79 Å². The van der Waals surface area contributed by atoms with Crippen molar-refractivity contribution in [2.45, 2.75) is 20.4 Å². The predicted molar refractivity (Wildman–Crippen MR) is 153 cm³/mol. The summed E-state index contributed by atoms with van der Waals surface area (Å²) in [6, 6.07) is 20.4. The van der Waals surface area contributed by atoms with Crippen LogP contribution in [0.15, 0.2) is 60.7 Å². The Balaban J connectivity index is 1.34. The number of aryl methyl sites for hydroxylation is 1. The lowest BCUT2D eigenvalue weighted by molar-refractivity contribution is 0.0606. The summed E-state index contributed by atoms with van der Waals surface area (Å²) in [7, 11) is 1.34. The van der Waals surface area contributed by atoms with E-state index in [1.54, 1.807) is 0 Å². The average molecular weight is 535 g/mol. The summed E-state index contributed by atoms with van der Waals surface area (Å²) in [6.07, 6.45) is 0. The lowest BCUT2D eigenvalue weighted by atomic mass is 10.0. The van der Waals surface area contributed by atoms with Crippen LogP contribution in [-0.2, 0) is 11.3 Å². The number of thiophene rings is 1. The maximum atomic E-state index is 12.0. The zero-order valence-corrected chi connectivity index (χ0v) is 22.3. The first-order chi connectivity index (χ1) is 17.4. The smallest absolute Gasteiger partial charge is 0.349 e. The van der Waals surface area contributed by atoms with Crippen molar-refractivity contribution in [2.75, 3.05) is 17.7 Å². The molecule has 2 aromatic heterocycles. The second kappa shape index (κ2) is 9.89. The van der Waals surface area contributed by atoms with Gasteiger partial charge < -0.3 is 15.4 Å². The molecule has 0 aliphatic rings. The van der Waals surface area contributed by atoms with E-state index in [9.17, 15) is 4.79 Å². The summed E-state index contributed by atoms with van der Waals surface area (Å²) in [5, 5.41) is 15.4. The molecule has 36 heavy (non-hydrogen) atoms. The fraction of sp³-hybridized carbons (Fsp3) is 0.148. The van der Waals surface area contributed by atoms with Gasteiger partial charge in [0.1, 0.15) is 4.88 Å². The number of nitrogens with one attached hydrogen (secondary N) is 2. The number of anilines is 2. The number of esters is 1. The van der Waals surface area contributed by atoms with E-state index in [1.807, 2.05) is 42.8 Å². The van der Waals surface area contributed by atoms with Crippen molar-refractivity contribution in [3.8, 4) is 0 Å². The molecule has 5 aromatic rings. The number of aromatic nitrogens is 2. The number of hydrogen-bond donors (Lipinski definition) is 2. The number of hydrogen-bond acceptors (Lipinski definition) is 5. The summed E-state index contributed by atoms with van der Waals surface area (Å²) in [6.45, 7) is 4.66. The van der Waals surface area contributed by atoms with Crippen molar-refractivity contribution in [1.29, 1.82) is 0 Å². The Morgan fingerprint density at radius 2 is 1.86 bits per heavy atom. The van der Waals surface area contributed by atoms with Gasteiger partial charge in [0, 0.05) is 15.8 Å². The Kier molecular flexibility index (Phi) is 6.66. The molecule has 6 nitrogen and oxygen atoms in total. The number of methoxy groups -OCH3 is 1. The number of halogens is 1. The first-order valence-electron chi connectivity index (χ1n) is 11.2. The molecule has 0 bridgehead atoms. The van der Waals surface area contributed by atoms with Crippen molar-refractivity contribution in [3.63, 3.8) is 0 Å². The van der Waals surface area contributed by atoms with Crippen LogP contribution in [0.1, 0.15) is 26.6 Å². The fourth-order valence-electron chi connectivity index (χ4n) is 4.27. The summed E-state index contributed by atoms with van der Waals surface area (Å²) in [5.74, 6) is -0.445. The normalized spacial score (nSPS) is 11.1. The molecule has 0 spiro atoms. The average Bonchev–Trinajstić information content (AvgIpc) is 3.34. The minimum Gasteiger partial charge on any atom is -0.465 e. The van der Waals surface area contributed by atoms with Crippen LogP contribution in [0.2, 0.25) is 5.02 Å². The van der Waals surface area contributed by atoms with E-state index in [2.05, 4.69) is 47.0 Å². The van der Waals surface area contributed by atoms with Gasteiger partial charge in [0.05, 0.1) is 35.8 Å². The number of carbonyl (C=O) groups is 1. The van der Waals surface area contributed by atoms with Crippen molar-refractivity contribution in [2.24, 2.45) is 0 Å². The molecular formula is C27H23ClN4O2S2. The first-order valence-corrected chi connectivity index (χ1v) is 12.8. The highest BCUT2D eigenvalue weighted by molar-refractivity contribution is 7.80. The number of rotatable bonds is 5. The van der Waals surface area contributed by atoms with Crippen LogP contribution in [0.4, 0.5) is 11.4 Å². The number of thiocarbonyl (C=S) groups is 1. The maximum absolute atomic E-state index is 12.0. The van der Waals surface area contributed by atoms with Crippen LogP contribution < -0.4 is 10.6 Å². The molecule has 9 heteroatoms. The Hall–Kier alpha value is -3.46. The fourth-order valence-corrected chi connectivity index (χ4v) is 5.95. The van der Waals surface area contributed by atoms with E-state index in [-0.39, 0.29) is 0 Å². The first kappa shape index (κ1) is 24.2. The van der Waals surface area contributed by atoms with E-state index in [4.69, 9.17) is 33.7 Å². The number of nitrogens with zero attached hydrogens (tertiary/aromatic N) is 2. The van der Waals surface area contributed by atoms with E-state index < -0.39 is 5.97 Å². The quantitative estimate of drug-likeness (QED) is 0.184. The molecule has 0 atom stereocenters. The van der Waals surface area contributed by atoms with Crippen LogP contribution in [0.5, 0.6) is 0 Å². The molecule has 0 aliphatic heterocycles. The molecule has 2 heterocycles. The van der Waals surface area contributed by atoms with E-state index >= 15 is 0 Å². The van der Waals surface area contributed by atoms with Crippen molar-refractivity contribution in [1.82, 2.24) is 9.78 Å². The largest absolute Gasteiger partial charge is 0.465 e. The summed E-state index contributed by atoms with van der Waals surface area (Å²) < 4.78 is 7.68. The molecule has 0 saturated heterocycles. The van der Waals surface area contributed by atoms with Crippen LogP contribution in [0.25, 0.3) is 20.9 Å². The summed E-state index contributed by atoms with van der Waals surface area (Å²) in [4.78, 5) is 12.4. The van der Waals surface area contributed by atoms with Gasteiger partial charge in [-0.3, -0.25) is 4.68 Å². The number of ether oxygens (including phenoxy) is 1. The van der Waals surface area contributed by atoms with Crippen LogP contribution >= 0.6 is 35.2 Å². The predicted octanol–water partition coefficient (Wildman–Crippen LogP) is 7.17. The molecule has 0 unspecified atom stereocenters. The maximum Gasteiger partial charge on any atom is 0.349 e. The Morgan fingerprint density at radius 3 is 2.67 bits per heavy atom. The molecule has 2 N–H and O–H groups in total. The highest BCUT2D eigenvalue weighted by Gasteiger charge is 2.18. The Labute approximate surface area is 222 Å². The zero-order chi connectivity index (χ0) is 25.4. The number of fused-ring (bicyclic) bond motifs is 2. The molecule has 182 valence electrons. The van der Waals surface area contributed by atoms with Gasteiger partial charge in [0.15, 0.2) is 5.11 Å². The third-order valence-electron chi connectivity index (χ3n) is 6.08. The molecule has 0 radical (unpaired) electrons. The third kappa shape index (κ3) is 4.55. The second-order valence-electron chi connectivity index (χ2n) is 8.37. The molecule has 5 rings (SSSR count). The van der Waals surface area contributed by atoms with Gasteiger partial charge in [-0.05, 0) is 60.6 Å². The van der Waals surface area contributed by atoms with Crippen LogP contribution in [0.3, 0.4) is 0 Å². The molecular weight excluding hydrogens is 512 g/mol. The standard InChI is InChI=1S/C27H23ClN4O2S2/c1-15-24(16(2)32(31-15)14-18-9-6-8-17-7-4-5-10-20(17)18)30-27(35)29-19-11-12-21-22(13-19)36-25(23(21)28)26(33)34-3/h4-13H,14H2,1-3H3,(H2,29,30,35). The second-order valence-corrected chi connectivity index (χ2v) is 10.2. The monoisotopic (exact) mass is 534 g/mol. The van der Waals surface area contributed by atoms with Gasteiger partial charge in [-0.1, -0.05) is 54.1 Å². The van der Waals surface area contributed by atoms with Gasteiger partial charge in [-0.15, -0.1) is 11.3 Å². The summed E-state index contributed by atoms with van der Waals surface area (Å²) >= 11 is 13.3. The zero-order valence-electron chi connectivity index (χ0n) is 19.9. The van der Waals surface area contributed by atoms with E-state index in [1.165, 1.54) is 34.8 Å². The summed E-state index contributed by atoms with van der Waals surface area (Å²) in [5.41, 5.74) is 4.72. The highest BCUT2D eigenvalue weighted by Crippen LogP contribution is 2.37. The van der Waals surface area contributed by atoms with Gasteiger partial charge in [0.2, 0.25) is 0 Å². The molecule has 3 aromatic carbocycles. The lowest BCUT2D eigenvalue weighted by Gasteiger charge is -2.12. The van der Waals surface area contributed by atoms with Gasteiger partial charge in [0.25, 0.3) is 0 Å². The van der Waals surface area contributed by atoms with Crippen molar-refractivity contribution >= 4 is 78.5 Å². The third-order valence-corrected chi connectivity index (χ3v) is 7.92. The van der Waals surface area contributed by atoms with Gasteiger partial charge in [-0.2, -0.15) is 5.10 Å². The van der Waals surface area contributed by atoms with Gasteiger partial charge >= 0.3 is 5.97 Å². The van der Waals surface area contributed by atoms with E-state index in [0.29, 0.717) is 21.6 Å². The molecule has 0 fully saturated rings. The SMILES string of the molecule is COC(=O)c1sc2cc(NC(=S)Nc3c(C)nn(Cc4cccc5ccccc45)c3C)ccc2c1Cl. The number of benzene rings is 3. The van der Waals surface area contributed by atoms with Crippen LogP contribution in [-0.4, -0.2) is 28.0 Å². The Morgan fingerprint density at radius 1 is 1.08 bits per heavy atom. The Bertz CT molecular complexity index is 1630. The lowest BCUT2D eigenvalue weighted by Crippen LogP contribution is -2.20. The highest BCUT2D eigenvalue weighted by atomic mass is 35.5. The van der Waals surface area contributed by atoms with Crippen molar-refractivity contribution < 1.29 is 9.53 Å². The molecule has 0 aliphatic carbocycles. The van der Waals surface area contributed by atoms with E-state index in [0.717, 1.165) is 32.8 Å². The van der Waals surface area contributed by atoms with Crippen LogP contribution in [0, 0.1) is 13.8 Å². The minimum atomic E-state index is -0.445. The number of carbonyl (C=O) groups excluding carboxylic acids is 1.